The van der Waals surface area contributed by atoms with Crippen LogP contribution in [0.3, 0.4) is 0 Å². The summed E-state index contributed by atoms with van der Waals surface area (Å²) in [7, 11) is -3.18. The molecular weight excluding hydrogens is 400 g/mol. The van der Waals surface area contributed by atoms with Crippen LogP contribution in [0.1, 0.15) is 31.0 Å². The maximum absolute atomic E-state index is 13.0. The highest BCUT2D eigenvalue weighted by Crippen LogP contribution is 2.32. The number of aromatic nitrogens is 2. The minimum Gasteiger partial charge on any atom is -0.340 e. The Morgan fingerprint density at radius 1 is 1.21 bits per heavy atom. The first-order chi connectivity index (χ1) is 13.3. The van der Waals surface area contributed by atoms with Crippen molar-refractivity contribution in [2.24, 2.45) is 5.92 Å². The lowest BCUT2D eigenvalue weighted by Crippen LogP contribution is -2.53. The molecule has 0 radical (unpaired) electrons. The maximum atomic E-state index is 13.0. The van der Waals surface area contributed by atoms with Gasteiger partial charge in [-0.3, -0.25) is 14.2 Å². The van der Waals surface area contributed by atoms with Gasteiger partial charge in [0.25, 0.3) is 5.56 Å². The summed E-state index contributed by atoms with van der Waals surface area (Å²) >= 11 is 1.45. The molecule has 1 atom stereocenters. The molecule has 1 amide bonds. The van der Waals surface area contributed by atoms with Crippen LogP contribution < -0.4 is 5.56 Å². The molecule has 1 aromatic rings. The summed E-state index contributed by atoms with van der Waals surface area (Å²) in [4.78, 5) is 32.0. The van der Waals surface area contributed by atoms with Gasteiger partial charge < -0.3 is 4.90 Å². The quantitative estimate of drug-likeness (QED) is 0.650. The number of fused-ring (bicyclic) bond motifs is 1. The van der Waals surface area contributed by atoms with E-state index in [0.717, 1.165) is 18.5 Å². The highest BCUT2D eigenvalue weighted by atomic mass is 32.2. The highest BCUT2D eigenvalue weighted by Gasteiger charge is 2.42. The van der Waals surface area contributed by atoms with E-state index < -0.39 is 10.0 Å². The number of nitrogens with zero attached hydrogens (tertiary/aromatic N) is 4. The molecule has 2 aliphatic heterocycles. The lowest BCUT2D eigenvalue weighted by atomic mass is 10.1. The number of hydrogen-bond acceptors (Lipinski definition) is 6. The Morgan fingerprint density at radius 3 is 2.50 bits per heavy atom. The number of carbonyl (C=O) groups excluding carboxylic acids is 1. The Morgan fingerprint density at radius 2 is 1.89 bits per heavy atom. The average Bonchev–Trinajstić information content (AvgIpc) is 3.53. The van der Waals surface area contributed by atoms with E-state index in [9.17, 15) is 18.0 Å². The van der Waals surface area contributed by atoms with Crippen molar-refractivity contribution in [1.82, 2.24) is 18.8 Å². The monoisotopic (exact) mass is 426 g/mol. The first-order valence-electron chi connectivity index (χ1n) is 9.83. The zero-order valence-electron chi connectivity index (χ0n) is 16.3. The molecule has 8 nitrogen and oxygen atoms in total. The van der Waals surface area contributed by atoms with Gasteiger partial charge in [-0.15, -0.1) is 0 Å². The second-order valence-corrected chi connectivity index (χ2v) is 10.9. The van der Waals surface area contributed by atoms with Crippen LogP contribution in [0.2, 0.25) is 0 Å². The molecule has 154 valence electrons. The van der Waals surface area contributed by atoms with Crippen molar-refractivity contribution in [1.29, 1.82) is 0 Å². The summed E-state index contributed by atoms with van der Waals surface area (Å²) in [6.45, 7) is 5.70. The Balaban J connectivity index is 1.44. The summed E-state index contributed by atoms with van der Waals surface area (Å²) in [6, 6.07) is 0. The van der Waals surface area contributed by atoms with Crippen molar-refractivity contribution >= 4 is 27.7 Å². The number of aryl methyl sites for hydroxylation is 1. The lowest BCUT2D eigenvalue weighted by Gasteiger charge is -2.36. The second kappa shape index (κ2) is 7.46. The Hall–Kier alpha value is -1.39. The molecule has 1 aliphatic carbocycles. The molecule has 0 aromatic carbocycles. The van der Waals surface area contributed by atoms with Crippen LogP contribution in [-0.2, 0) is 27.8 Å². The molecule has 0 unspecified atom stereocenters. The van der Waals surface area contributed by atoms with E-state index in [2.05, 4.69) is 4.98 Å². The van der Waals surface area contributed by atoms with E-state index >= 15 is 0 Å². The van der Waals surface area contributed by atoms with Crippen LogP contribution in [0, 0.1) is 12.8 Å². The molecule has 1 saturated carbocycles. The van der Waals surface area contributed by atoms with Crippen LogP contribution in [-0.4, -0.2) is 70.3 Å². The fourth-order valence-corrected chi connectivity index (χ4v) is 6.89. The third-order valence-electron chi connectivity index (χ3n) is 5.81. The van der Waals surface area contributed by atoms with Crippen LogP contribution in [0.25, 0.3) is 0 Å². The van der Waals surface area contributed by atoms with Crippen molar-refractivity contribution in [3.8, 4) is 0 Å². The summed E-state index contributed by atoms with van der Waals surface area (Å²) in [5.41, 5.74) is 1.43. The molecule has 0 spiro atoms. The molecule has 0 bridgehead atoms. The van der Waals surface area contributed by atoms with Gasteiger partial charge in [-0.25, -0.2) is 13.4 Å². The molecule has 1 saturated heterocycles. The molecular formula is C18H26N4O4S2. The molecule has 3 heterocycles. The van der Waals surface area contributed by atoms with Crippen LogP contribution in [0.15, 0.2) is 9.95 Å². The van der Waals surface area contributed by atoms with Gasteiger partial charge in [0.15, 0.2) is 5.16 Å². The maximum Gasteiger partial charge on any atom is 0.257 e. The number of hydrogen-bond donors (Lipinski definition) is 0. The Labute approximate surface area is 169 Å². The van der Waals surface area contributed by atoms with Gasteiger partial charge in [0.05, 0.1) is 11.2 Å². The van der Waals surface area contributed by atoms with Gasteiger partial charge >= 0.3 is 0 Å². The van der Waals surface area contributed by atoms with E-state index in [1.54, 1.807) is 9.47 Å². The van der Waals surface area contributed by atoms with Crippen molar-refractivity contribution in [3.05, 3.63) is 21.6 Å². The minimum atomic E-state index is -3.18. The first kappa shape index (κ1) is 19.9. The molecule has 28 heavy (non-hydrogen) atoms. The van der Waals surface area contributed by atoms with Crippen LogP contribution >= 0.6 is 11.8 Å². The topological polar surface area (TPSA) is 92.6 Å². The summed E-state index contributed by atoms with van der Waals surface area (Å²) < 4.78 is 27.9. The average molecular weight is 427 g/mol. The van der Waals surface area contributed by atoms with Crippen molar-refractivity contribution < 1.29 is 13.2 Å². The number of carbonyl (C=O) groups is 1. The molecule has 10 heteroatoms. The zero-order valence-corrected chi connectivity index (χ0v) is 17.9. The number of thioether (sulfide) groups is 1. The largest absolute Gasteiger partial charge is 0.340 e. The van der Waals surface area contributed by atoms with Gasteiger partial charge in [-0.2, -0.15) is 4.31 Å². The first-order valence-corrected chi connectivity index (χ1v) is 12.3. The third kappa shape index (κ3) is 3.50. The van der Waals surface area contributed by atoms with E-state index in [-0.39, 0.29) is 22.6 Å². The van der Waals surface area contributed by atoms with E-state index in [1.807, 2.05) is 13.8 Å². The summed E-state index contributed by atoms with van der Waals surface area (Å²) in [5, 5.41) is 0.473. The fourth-order valence-electron chi connectivity index (χ4n) is 3.95. The lowest BCUT2D eigenvalue weighted by molar-refractivity contribution is -0.136. The van der Waals surface area contributed by atoms with Crippen LogP contribution in [0.5, 0.6) is 0 Å². The van der Waals surface area contributed by atoms with Gasteiger partial charge in [0.2, 0.25) is 15.9 Å². The van der Waals surface area contributed by atoms with E-state index in [0.29, 0.717) is 55.6 Å². The van der Waals surface area contributed by atoms with Gasteiger partial charge in [-0.1, -0.05) is 18.7 Å². The highest BCUT2D eigenvalue weighted by molar-refractivity contribution is 7.99. The molecule has 2 fully saturated rings. The van der Waals surface area contributed by atoms with Crippen molar-refractivity contribution in [2.75, 3.05) is 31.9 Å². The van der Waals surface area contributed by atoms with Crippen LogP contribution in [0.4, 0.5) is 0 Å². The van der Waals surface area contributed by atoms with E-state index in [4.69, 9.17) is 0 Å². The van der Waals surface area contributed by atoms with Gasteiger partial charge in [-0.05, 0) is 26.2 Å². The zero-order chi connectivity index (χ0) is 20.1. The molecule has 4 rings (SSSR count). The number of sulfonamides is 1. The number of amides is 1. The summed E-state index contributed by atoms with van der Waals surface area (Å²) in [6.07, 6.45) is 2.13. The van der Waals surface area contributed by atoms with Gasteiger partial charge in [0, 0.05) is 49.7 Å². The molecule has 3 aliphatic rings. The predicted molar refractivity (Wildman–Crippen MR) is 107 cm³/mol. The standard InChI is InChI=1S/C18H26N4O4S2/c1-3-15-12(2)19-18-22(17(15)24)10-13(11-27-18)16(23)20-6-8-21(9-7-20)28(25,26)14-4-5-14/h13-14H,3-11H2,1-2H3/t13-/m0/s1. The second-order valence-electron chi connectivity index (χ2n) is 7.70. The molecule has 1 aromatic heterocycles. The number of rotatable bonds is 4. The molecule has 0 N–H and O–H groups in total. The Kier molecular flexibility index (Phi) is 5.30. The number of piperazine rings is 1. The third-order valence-corrected chi connectivity index (χ3v) is 9.35. The van der Waals surface area contributed by atoms with Gasteiger partial charge in [0.1, 0.15) is 0 Å². The predicted octanol–water partition coefficient (Wildman–Crippen LogP) is 0.472. The Bertz CT molecular complexity index is 947. The normalized spacial score (nSPS) is 23.5. The summed E-state index contributed by atoms with van der Waals surface area (Å²) in [5.74, 6) is 0.319. The smallest absolute Gasteiger partial charge is 0.257 e. The van der Waals surface area contributed by atoms with Crippen molar-refractivity contribution in [2.45, 2.75) is 50.1 Å². The fraction of sp³-hybridized carbons (Fsp3) is 0.722. The van der Waals surface area contributed by atoms with E-state index in [1.165, 1.54) is 16.1 Å². The van der Waals surface area contributed by atoms with Crippen molar-refractivity contribution in [3.63, 3.8) is 0 Å². The SMILES string of the molecule is CCc1c(C)nc2n(c1=O)C[C@H](C(=O)N1CCN(S(=O)(=O)C3CC3)CC1)CS2. The minimum absolute atomic E-state index is 0.00661.